The number of ether oxygens (including phenoxy) is 2. The number of carboxylic acids is 2. The van der Waals surface area contributed by atoms with Gasteiger partial charge in [-0.1, -0.05) is 35.9 Å². The van der Waals surface area contributed by atoms with Crippen molar-refractivity contribution in [3.8, 4) is 5.75 Å². The lowest BCUT2D eigenvalue weighted by atomic mass is 10.1. The smallest absolute Gasteiger partial charge is 0.414 e. The fourth-order valence-corrected chi connectivity index (χ4v) is 3.34. The molecule has 3 rings (SSSR count). The Labute approximate surface area is 168 Å². The number of rotatable bonds is 4. The number of morpholine rings is 1. The number of benzene rings is 2. The van der Waals surface area contributed by atoms with Crippen molar-refractivity contribution in [3.63, 3.8) is 0 Å². The summed E-state index contributed by atoms with van der Waals surface area (Å²) in [6.45, 7) is 7.76. The topological polar surface area (TPSA) is 96.3 Å². The summed E-state index contributed by atoms with van der Waals surface area (Å²) in [6.07, 6.45) is 0.584. The van der Waals surface area contributed by atoms with Gasteiger partial charge in [-0.25, -0.2) is 9.59 Å². The molecule has 2 unspecified atom stereocenters. The van der Waals surface area contributed by atoms with E-state index in [2.05, 4.69) is 24.8 Å². The minimum absolute atomic E-state index is 0.292. The van der Waals surface area contributed by atoms with Crippen LogP contribution in [0.2, 0.25) is 5.02 Å². The number of halogens is 1. The summed E-state index contributed by atoms with van der Waals surface area (Å²) in [5.74, 6) is -2.75. The van der Waals surface area contributed by atoms with Gasteiger partial charge in [-0.05, 0) is 26.0 Å². The van der Waals surface area contributed by atoms with E-state index < -0.39 is 11.9 Å². The average molecular weight is 410 g/mol. The molecule has 1 fully saturated rings. The molecular formula is C20H24ClNO6. The summed E-state index contributed by atoms with van der Waals surface area (Å²) in [7, 11) is 0. The Morgan fingerprint density at radius 3 is 2.21 bits per heavy atom. The minimum Gasteiger partial charge on any atom is -0.492 e. The van der Waals surface area contributed by atoms with Gasteiger partial charge in [0, 0.05) is 35.4 Å². The first-order valence-corrected chi connectivity index (χ1v) is 9.29. The van der Waals surface area contributed by atoms with Crippen molar-refractivity contribution in [1.82, 2.24) is 4.90 Å². The molecule has 2 aromatic rings. The van der Waals surface area contributed by atoms with Crippen molar-refractivity contribution in [2.24, 2.45) is 0 Å². The van der Waals surface area contributed by atoms with E-state index in [1.54, 1.807) is 0 Å². The molecule has 0 spiro atoms. The van der Waals surface area contributed by atoms with Gasteiger partial charge < -0.3 is 19.7 Å². The third-order valence-corrected chi connectivity index (χ3v) is 4.50. The summed E-state index contributed by atoms with van der Waals surface area (Å²) in [5.41, 5.74) is 0. The number of nitrogens with zero attached hydrogens (tertiary/aromatic N) is 1. The molecule has 0 saturated carbocycles. The van der Waals surface area contributed by atoms with Crippen molar-refractivity contribution in [3.05, 3.63) is 41.4 Å². The highest BCUT2D eigenvalue weighted by Gasteiger charge is 2.21. The van der Waals surface area contributed by atoms with Crippen LogP contribution in [-0.2, 0) is 14.3 Å². The number of hydrogen-bond acceptors (Lipinski definition) is 5. The van der Waals surface area contributed by atoms with E-state index >= 15 is 0 Å². The summed E-state index contributed by atoms with van der Waals surface area (Å²) in [6, 6.07) is 11.9. The zero-order valence-electron chi connectivity index (χ0n) is 15.8. The van der Waals surface area contributed by atoms with E-state index in [0.717, 1.165) is 41.2 Å². The van der Waals surface area contributed by atoms with E-state index in [0.29, 0.717) is 18.8 Å². The fourth-order valence-electron chi connectivity index (χ4n) is 3.11. The molecule has 2 atom stereocenters. The largest absolute Gasteiger partial charge is 0.492 e. The summed E-state index contributed by atoms with van der Waals surface area (Å²) in [4.78, 5) is 20.6. The van der Waals surface area contributed by atoms with Crippen molar-refractivity contribution in [1.29, 1.82) is 0 Å². The predicted molar refractivity (Wildman–Crippen MR) is 106 cm³/mol. The third-order valence-electron chi connectivity index (χ3n) is 4.17. The zero-order valence-corrected chi connectivity index (χ0v) is 16.6. The van der Waals surface area contributed by atoms with E-state index in [1.807, 2.05) is 30.3 Å². The highest BCUT2D eigenvalue weighted by atomic mass is 35.5. The zero-order chi connectivity index (χ0) is 20.7. The minimum atomic E-state index is -1.82. The maximum absolute atomic E-state index is 9.10. The van der Waals surface area contributed by atoms with E-state index in [9.17, 15) is 0 Å². The Morgan fingerprint density at radius 2 is 1.64 bits per heavy atom. The quantitative estimate of drug-likeness (QED) is 0.749. The van der Waals surface area contributed by atoms with Gasteiger partial charge in [0.2, 0.25) is 0 Å². The van der Waals surface area contributed by atoms with E-state index in [1.165, 1.54) is 0 Å². The molecule has 152 valence electrons. The lowest BCUT2D eigenvalue weighted by Crippen LogP contribution is -2.46. The van der Waals surface area contributed by atoms with Crippen molar-refractivity contribution < 1.29 is 29.3 Å². The van der Waals surface area contributed by atoms with Crippen LogP contribution in [0.25, 0.3) is 10.8 Å². The SMILES string of the molecule is CC1CN(CCOc2ccc(Cl)c3ccccc23)CC(C)O1.O=C(O)C(=O)O. The van der Waals surface area contributed by atoms with Gasteiger partial charge in [-0.15, -0.1) is 0 Å². The second-order valence-corrected chi connectivity index (χ2v) is 6.97. The molecule has 7 nitrogen and oxygen atoms in total. The van der Waals surface area contributed by atoms with Crippen LogP contribution in [0.3, 0.4) is 0 Å². The first-order chi connectivity index (χ1) is 13.3. The van der Waals surface area contributed by atoms with E-state index in [-0.39, 0.29) is 0 Å². The van der Waals surface area contributed by atoms with Crippen molar-refractivity contribution in [2.75, 3.05) is 26.2 Å². The van der Waals surface area contributed by atoms with Crippen LogP contribution in [0.5, 0.6) is 5.75 Å². The maximum atomic E-state index is 9.10. The van der Waals surface area contributed by atoms with Crippen LogP contribution in [0.4, 0.5) is 0 Å². The normalized spacial score (nSPS) is 19.5. The number of carboxylic acid groups (broad SMARTS) is 2. The Morgan fingerprint density at radius 1 is 1.07 bits per heavy atom. The highest BCUT2D eigenvalue weighted by molar-refractivity contribution is 6.35. The second-order valence-electron chi connectivity index (χ2n) is 6.57. The molecule has 28 heavy (non-hydrogen) atoms. The molecule has 0 aromatic heterocycles. The molecule has 1 saturated heterocycles. The highest BCUT2D eigenvalue weighted by Crippen LogP contribution is 2.31. The molecule has 0 aliphatic carbocycles. The Bertz CT molecular complexity index is 805. The molecule has 0 bridgehead atoms. The standard InChI is InChI=1S/C18H22ClNO2.C2H2O4/c1-13-11-20(12-14(2)22-13)9-10-21-18-8-7-17(19)15-5-3-4-6-16(15)18;3-1(4)2(5)6/h3-8,13-14H,9-12H2,1-2H3;(H,3,4)(H,5,6). The molecule has 1 aliphatic heterocycles. The monoisotopic (exact) mass is 409 g/mol. The van der Waals surface area contributed by atoms with Gasteiger partial charge >= 0.3 is 11.9 Å². The van der Waals surface area contributed by atoms with Crippen LogP contribution in [0.15, 0.2) is 36.4 Å². The molecular weight excluding hydrogens is 386 g/mol. The molecule has 0 amide bonds. The molecule has 1 aliphatic rings. The maximum Gasteiger partial charge on any atom is 0.414 e. The Hall–Kier alpha value is -2.35. The number of aliphatic carboxylic acids is 2. The molecule has 8 heteroatoms. The summed E-state index contributed by atoms with van der Waals surface area (Å²) in [5, 5.41) is 17.7. The number of carbonyl (C=O) groups is 2. The second kappa shape index (κ2) is 10.3. The molecule has 0 radical (unpaired) electrons. The molecule has 1 heterocycles. The average Bonchev–Trinajstić information content (AvgIpc) is 2.63. The Kier molecular flexibility index (Phi) is 8.04. The fraction of sp³-hybridized carbons (Fsp3) is 0.400. The van der Waals surface area contributed by atoms with Crippen LogP contribution < -0.4 is 4.74 Å². The first kappa shape index (κ1) is 21.9. The van der Waals surface area contributed by atoms with Gasteiger partial charge in [-0.2, -0.15) is 0 Å². The lowest BCUT2D eigenvalue weighted by molar-refractivity contribution is -0.159. The third kappa shape index (κ3) is 6.37. The number of fused-ring (bicyclic) bond motifs is 1. The van der Waals surface area contributed by atoms with Crippen LogP contribution in [0.1, 0.15) is 13.8 Å². The summed E-state index contributed by atoms with van der Waals surface area (Å²) < 4.78 is 11.8. The number of hydrogen-bond donors (Lipinski definition) is 2. The Balaban J connectivity index is 0.000000409. The molecule has 2 N–H and O–H groups in total. The van der Waals surface area contributed by atoms with Crippen molar-refractivity contribution >= 4 is 34.3 Å². The predicted octanol–water partition coefficient (Wildman–Crippen LogP) is 3.14. The van der Waals surface area contributed by atoms with Crippen molar-refractivity contribution in [2.45, 2.75) is 26.1 Å². The van der Waals surface area contributed by atoms with Gasteiger partial charge in [-0.3, -0.25) is 4.90 Å². The van der Waals surface area contributed by atoms with Crippen LogP contribution >= 0.6 is 11.6 Å². The van der Waals surface area contributed by atoms with Gasteiger partial charge in [0.05, 0.1) is 12.2 Å². The van der Waals surface area contributed by atoms with Crippen LogP contribution in [-0.4, -0.2) is 65.5 Å². The lowest BCUT2D eigenvalue weighted by Gasteiger charge is -2.35. The van der Waals surface area contributed by atoms with Gasteiger partial charge in [0.15, 0.2) is 0 Å². The van der Waals surface area contributed by atoms with Gasteiger partial charge in [0.25, 0.3) is 0 Å². The summed E-state index contributed by atoms with van der Waals surface area (Å²) >= 11 is 6.24. The van der Waals surface area contributed by atoms with Crippen LogP contribution in [0, 0.1) is 0 Å². The molecule has 2 aromatic carbocycles. The van der Waals surface area contributed by atoms with E-state index in [4.69, 9.17) is 40.9 Å². The van der Waals surface area contributed by atoms with Gasteiger partial charge in [0.1, 0.15) is 12.4 Å². The first-order valence-electron chi connectivity index (χ1n) is 8.92.